The predicted octanol–water partition coefficient (Wildman–Crippen LogP) is 5.02. The molecule has 0 N–H and O–H groups in total. The predicted molar refractivity (Wildman–Crippen MR) is 84.3 cm³/mol. The lowest BCUT2D eigenvalue weighted by atomic mass is 9.83. The highest BCUT2D eigenvalue weighted by Gasteiger charge is 2.40. The van der Waals surface area contributed by atoms with Crippen LogP contribution in [0.25, 0.3) is 0 Å². The SMILES string of the molecule is Cc1cc(OCC2CCC3(CCCCC3)O2)ccc1Br. The molecule has 0 amide bonds. The summed E-state index contributed by atoms with van der Waals surface area (Å²) in [7, 11) is 0. The first-order valence-corrected chi connectivity index (χ1v) is 8.53. The van der Waals surface area contributed by atoms with Crippen LogP contribution in [0.5, 0.6) is 5.75 Å². The molecule has 2 nitrogen and oxygen atoms in total. The fourth-order valence-corrected chi connectivity index (χ4v) is 3.72. The van der Waals surface area contributed by atoms with Crippen molar-refractivity contribution in [2.24, 2.45) is 0 Å². The smallest absolute Gasteiger partial charge is 0.119 e. The van der Waals surface area contributed by atoms with Crippen molar-refractivity contribution in [2.45, 2.75) is 63.6 Å². The Balaban J connectivity index is 1.53. The van der Waals surface area contributed by atoms with Gasteiger partial charge in [0.2, 0.25) is 0 Å². The minimum atomic E-state index is 0.196. The van der Waals surface area contributed by atoms with Crippen molar-refractivity contribution in [3.8, 4) is 5.75 Å². The van der Waals surface area contributed by atoms with Crippen LogP contribution in [0.3, 0.4) is 0 Å². The van der Waals surface area contributed by atoms with Crippen LogP contribution in [-0.2, 0) is 4.74 Å². The van der Waals surface area contributed by atoms with E-state index >= 15 is 0 Å². The van der Waals surface area contributed by atoms with Gasteiger partial charge in [0.1, 0.15) is 12.4 Å². The number of hydrogen-bond acceptors (Lipinski definition) is 2. The summed E-state index contributed by atoms with van der Waals surface area (Å²) < 4.78 is 13.4. The van der Waals surface area contributed by atoms with Crippen molar-refractivity contribution in [1.82, 2.24) is 0 Å². The number of halogens is 1. The van der Waals surface area contributed by atoms with Gasteiger partial charge in [-0.2, -0.15) is 0 Å². The fourth-order valence-electron chi connectivity index (χ4n) is 3.47. The first-order valence-electron chi connectivity index (χ1n) is 7.74. The molecule has 1 aromatic carbocycles. The maximum absolute atomic E-state index is 6.33. The van der Waals surface area contributed by atoms with Crippen molar-refractivity contribution in [1.29, 1.82) is 0 Å². The molecule has 0 bridgehead atoms. The molecule has 0 radical (unpaired) electrons. The lowest BCUT2D eigenvalue weighted by Gasteiger charge is -2.33. The molecule has 1 saturated heterocycles. The van der Waals surface area contributed by atoms with E-state index in [9.17, 15) is 0 Å². The third kappa shape index (κ3) is 3.20. The highest BCUT2D eigenvalue weighted by atomic mass is 79.9. The summed E-state index contributed by atoms with van der Waals surface area (Å²) in [4.78, 5) is 0. The van der Waals surface area contributed by atoms with Crippen LogP contribution in [0.15, 0.2) is 22.7 Å². The van der Waals surface area contributed by atoms with Crippen LogP contribution in [0.1, 0.15) is 50.5 Å². The first-order chi connectivity index (χ1) is 9.67. The monoisotopic (exact) mass is 338 g/mol. The fraction of sp³-hybridized carbons (Fsp3) is 0.647. The van der Waals surface area contributed by atoms with E-state index in [1.54, 1.807) is 0 Å². The van der Waals surface area contributed by atoms with Crippen LogP contribution in [0.2, 0.25) is 0 Å². The molecule has 20 heavy (non-hydrogen) atoms. The molecular formula is C17H23BrO2. The minimum Gasteiger partial charge on any atom is -0.491 e. The van der Waals surface area contributed by atoms with Crippen LogP contribution < -0.4 is 4.74 Å². The molecule has 1 unspecified atom stereocenters. The van der Waals surface area contributed by atoms with Crippen LogP contribution in [0.4, 0.5) is 0 Å². The number of hydrogen-bond donors (Lipinski definition) is 0. The van der Waals surface area contributed by atoms with Gasteiger partial charge in [-0.3, -0.25) is 0 Å². The first kappa shape index (κ1) is 14.4. The van der Waals surface area contributed by atoms with Gasteiger partial charge in [-0.1, -0.05) is 35.2 Å². The molecule has 1 heterocycles. The lowest BCUT2D eigenvalue weighted by Crippen LogP contribution is -2.32. The van der Waals surface area contributed by atoms with Gasteiger partial charge in [-0.15, -0.1) is 0 Å². The quantitative estimate of drug-likeness (QED) is 0.770. The molecule has 3 heteroatoms. The minimum absolute atomic E-state index is 0.196. The zero-order valence-corrected chi connectivity index (χ0v) is 13.7. The summed E-state index contributed by atoms with van der Waals surface area (Å²) in [5.74, 6) is 0.943. The number of rotatable bonds is 3. The molecular weight excluding hydrogens is 316 g/mol. The second-order valence-electron chi connectivity index (χ2n) is 6.24. The molecule has 0 aromatic heterocycles. The Bertz CT molecular complexity index is 466. The number of ether oxygens (including phenoxy) is 2. The second kappa shape index (κ2) is 6.07. The third-order valence-corrected chi connectivity index (χ3v) is 5.56. The van der Waals surface area contributed by atoms with Crippen LogP contribution >= 0.6 is 15.9 Å². The van der Waals surface area contributed by atoms with E-state index in [0.717, 1.165) is 16.6 Å². The Morgan fingerprint density at radius 3 is 2.80 bits per heavy atom. The van der Waals surface area contributed by atoms with Gasteiger partial charge in [0.15, 0.2) is 0 Å². The van der Waals surface area contributed by atoms with E-state index in [0.29, 0.717) is 6.61 Å². The Morgan fingerprint density at radius 1 is 1.25 bits per heavy atom. The molecule has 1 saturated carbocycles. The van der Waals surface area contributed by atoms with Crippen LogP contribution in [0, 0.1) is 6.92 Å². The summed E-state index contributed by atoms with van der Waals surface area (Å²) in [5.41, 5.74) is 1.40. The van der Waals surface area contributed by atoms with Gasteiger partial charge in [0.25, 0.3) is 0 Å². The lowest BCUT2D eigenvalue weighted by molar-refractivity contribution is -0.0748. The molecule has 2 aliphatic rings. The van der Waals surface area contributed by atoms with Gasteiger partial charge in [0.05, 0.1) is 11.7 Å². The van der Waals surface area contributed by atoms with E-state index < -0.39 is 0 Å². The highest BCUT2D eigenvalue weighted by molar-refractivity contribution is 9.10. The van der Waals surface area contributed by atoms with E-state index in [1.165, 1.54) is 44.1 Å². The summed E-state index contributed by atoms with van der Waals surface area (Å²) in [5, 5.41) is 0. The second-order valence-corrected chi connectivity index (χ2v) is 7.10. The molecule has 3 rings (SSSR count). The van der Waals surface area contributed by atoms with Crippen LogP contribution in [-0.4, -0.2) is 18.3 Å². The average molecular weight is 339 g/mol. The highest BCUT2D eigenvalue weighted by Crippen LogP contribution is 2.41. The normalized spacial score (nSPS) is 25.0. The third-order valence-electron chi connectivity index (χ3n) is 4.67. The van der Waals surface area contributed by atoms with Gasteiger partial charge >= 0.3 is 0 Å². The van der Waals surface area contributed by atoms with Gasteiger partial charge in [0, 0.05) is 4.47 Å². The maximum atomic E-state index is 6.33. The van der Waals surface area contributed by atoms with Crippen molar-refractivity contribution in [2.75, 3.05) is 6.61 Å². The van der Waals surface area contributed by atoms with Crippen molar-refractivity contribution < 1.29 is 9.47 Å². The molecule has 110 valence electrons. The van der Waals surface area contributed by atoms with E-state index in [-0.39, 0.29) is 11.7 Å². The van der Waals surface area contributed by atoms with E-state index in [2.05, 4.69) is 28.9 Å². The Labute approximate surface area is 130 Å². The van der Waals surface area contributed by atoms with Crippen molar-refractivity contribution >= 4 is 15.9 Å². The molecule has 2 fully saturated rings. The van der Waals surface area contributed by atoms with Gasteiger partial charge in [-0.25, -0.2) is 0 Å². The Hall–Kier alpha value is -0.540. The molecule has 1 aliphatic carbocycles. The number of aryl methyl sites for hydroxylation is 1. The van der Waals surface area contributed by atoms with Crippen molar-refractivity contribution in [3.05, 3.63) is 28.2 Å². The largest absolute Gasteiger partial charge is 0.491 e. The maximum Gasteiger partial charge on any atom is 0.119 e. The van der Waals surface area contributed by atoms with Gasteiger partial charge in [-0.05, 0) is 56.4 Å². The topological polar surface area (TPSA) is 18.5 Å². The summed E-state index contributed by atoms with van der Waals surface area (Å²) in [6.07, 6.45) is 9.19. The summed E-state index contributed by atoms with van der Waals surface area (Å²) >= 11 is 3.51. The molecule has 1 spiro atoms. The Kier molecular flexibility index (Phi) is 4.37. The molecule has 1 aromatic rings. The molecule has 1 aliphatic heterocycles. The zero-order chi connectivity index (χ0) is 14.0. The molecule has 1 atom stereocenters. The summed E-state index contributed by atoms with van der Waals surface area (Å²) in [6.45, 7) is 2.77. The summed E-state index contributed by atoms with van der Waals surface area (Å²) in [6, 6.07) is 6.14. The Morgan fingerprint density at radius 2 is 2.05 bits per heavy atom. The van der Waals surface area contributed by atoms with Gasteiger partial charge < -0.3 is 9.47 Å². The van der Waals surface area contributed by atoms with E-state index in [4.69, 9.17) is 9.47 Å². The standard InChI is InChI=1S/C17H23BrO2/c1-13-11-14(5-6-16(13)18)19-12-15-7-10-17(20-15)8-3-2-4-9-17/h5-6,11,15H,2-4,7-10,12H2,1H3. The van der Waals surface area contributed by atoms with E-state index in [1.807, 2.05) is 12.1 Å². The zero-order valence-electron chi connectivity index (χ0n) is 12.2. The van der Waals surface area contributed by atoms with Crippen molar-refractivity contribution in [3.63, 3.8) is 0 Å². The average Bonchev–Trinajstić information content (AvgIpc) is 2.84. The number of benzene rings is 1.